The summed E-state index contributed by atoms with van der Waals surface area (Å²) in [6.07, 6.45) is 0.573. The molecule has 2 aromatic carbocycles. The summed E-state index contributed by atoms with van der Waals surface area (Å²) in [7, 11) is 0. The van der Waals surface area contributed by atoms with E-state index in [-0.39, 0.29) is 0 Å². The van der Waals surface area contributed by atoms with E-state index in [1.165, 1.54) is 11.3 Å². The molecule has 4 rings (SSSR count). The van der Waals surface area contributed by atoms with Gasteiger partial charge in [0.15, 0.2) is 9.78 Å². The molecule has 2 aromatic heterocycles. The van der Waals surface area contributed by atoms with Crippen molar-refractivity contribution in [3.63, 3.8) is 0 Å². The van der Waals surface area contributed by atoms with E-state index in [4.69, 9.17) is 17.1 Å². The van der Waals surface area contributed by atoms with Crippen LogP contribution in [-0.2, 0) is 11.3 Å². The second kappa shape index (κ2) is 7.59. The predicted molar refractivity (Wildman–Crippen MR) is 104 cm³/mol. The summed E-state index contributed by atoms with van der Waals surface area (Å²) in [5, 5.41) is 15.7. The summed E-state index contributed by atoms with van der Waals surface area (Å²) in [6.45, 7) is 0.389. The van der Waals surface area contributed by atoms with Gasteiger partial charge < -0.3 is 4.84 Å². The Morgan fingerprint density at radius 3 is 2.35 bits per heavy atom. The van der Waals surface area contributed by atoms with Gasteiger partial charge in [-0.05, 0) is 12.2 Å². The monoisotopic (exact) mass is 381 g/mol. The molecule has 0 unspecified atom stereocenters. The minimum atomic E-state index is 0.389. The quantitative estimate of drug-likeness (QED) is 0.238. The molecule has 26 heavy (non-hydrogen) atoms. The van der Waals surface area contributed by atoms with E-state index in [2.05, 4.69) is 20.5 Å². The van der Waals surface area contributed by atoms with Crippen LogP contribution in [-0.4, -0.2) is 32.1 Å². The summed E-state index contributed by atoms with van der Waals surface area (Å²) >= 11 is 6.52. The molecular formula is C18H15N5OS2. The molecule has 8 heteroatoms. The number of fused-ring (bicyclic) bond motifs is 1. The standard InChI is InChI=1S/C18H15N5OS2/c25-18-21-23-15(19-20-17(23)26-18)11-12-24-22-16(13-7-3-1-4-8-13)14-9-5-2-6-10-14/h1-10H,11-12H2,(H,21,25). The highest BCUT2D eigenvalue weighted by Crippen LogP contribution is 2.12. The van der Waals surface area contributed by atoms with E-state index < -0.39 is 0 Å². The summed E-state index contributed by atoms with van der Waals surface area (Å²) in [6, 6.07) is 20.0. The van der Waals surface area contributed by atoms with Crippen LogP contribution in [0.15, 0.2) is 65.8 Å². The normalized spacial score (nSPS) is 10.8. The summed E-state index contributed by atoms with van der Waals surface area (Å²) in [5.41, 5.74) is 2.81. The number of aromatic nitrogens is 4. The van der Waals surface area contributed by atoms with Crippen LogP contribution in [0, 0.1) is 3.95 Å². The number of rotatable bonds is 6. The number of hydrogen-bond donors (Lipinski definition) is 1. The van der Waals surface area contributed by atoms with Crippen molar-refractivity contribution in [3.8, 4) is 0 Å². The highest BCUT2D eigenvalue weighted by atomic mass is 32.1. The van der Waals surface area contributed by atoms with Crippen LogP contribution in [0.3, 0.4) is 0 Å². The van der Waals surface area contributed by atoms with E-state index in [9.17, 15) is 0 Å². The maximum atomic E-state index is 5.60. The molecule has 0 bridgehead atoms. The first-order valence-corrected chi connectivity index (χ1v) is 9.27. The van der Waals surface area contributed by atoms with Gasteiger partial charge >= 0.3 is 0 Å². The molecule has 4 aromatic rings. The van der Waals surface area contributed by atoms with Crippen molar-refractivity contribution in [1.82, 2.24) is 19.8 Å². The van der Waals surface area contributed by atoms with E-state index in [0.717, 1.165) is 27.6 Å². The Morgan fingerprint density at radius 2 is 1.69 bits per heavy atom. The van der Waals surface area contributed by atoms with E-state index in [1.807, 2.05) is 60.7 Å². The Labute approximate surface area is 158 Å². The number of oxime groups is 1. The van der Waals surface area contributed by atoms with Crippen molar-refractivity contribution in [2.45, 2.75) is 6.42 Å². The van der Waals surface area contributed by atoms with Crippen molar-refractivity contribution in [1.29, 1.82) is 0 Å². The van der Waals surface area contributed by atoms with Gasteiger partial charge in [0.1, 0.15) is 12.3 Å². The Kier molecular flexibility index (Phi) is 4.85. The van der Waals surface area contributed by atoms with Gasteiger partial charge in [-0.15, -0.1) is 10.2 Å². The van der Waals surface area contributed by atoms with Crippen LogP contribution >= 0.6 is 23.6 Å². The minimum absolute atomic E-state index is 0.389. The smallest absolute Gasteiger partial charge is 0.233 e. The molecule has 0 spiro atoms. The van der Waals surface area contributed by atoms with E-state index in [0.29, 0.717) is 17.0 Å². The topological polar surface area (TPSA) is 67.6 Å². The van der Waals surface area contributed by atoms with Crippen molar-refractivity contribution >= 4 is 34.2 Å². The lowest BCUT2D eigenvalue weighted by atomic mass is 10.0. The summed E-state index contributed by atoms with van der Waals surface area (Å²) in [4.78, 5) is 6.36. The highest BCUT2D eigenvalue weighted by Gasteiger charge is 2.09. The third kappa shape index (κ3) is 3.56. The van der Waals surface area contributed by atoms with Gasteiger partial charge in [0.2, 0.25) is 4.96 Å². The number of benzene rings is 2. The Balaban J connectivity index is 1.51. The zero-order chi connectivity index (χ0) is 17.8. The molecule has 0 atom stereocenters. The third-order valence-electron chi connectivity index (χ3n) is 3.75. The molecule has 0 radical (unpaired) electrons. The molecular weight excluding hydrogens is 366 g/mol. The lowest BCUT2D eigenvalue weighted by Crippen LogP contribution is -2.06. The second-order valence-corrected chi connectivity index (χ2v) is 7.13. The molecule has 0 aliphatic carbocycles. The molecule has 0 amide bonds. The maximum Gasteiger partial charge on any atom is 0.233 e. The van der Waals surface area contributed by atoms with E-state index in [1.54, 1.807) is 4.52 Å². The molecule has 1 N–H and O–H groups in total. The first-order chi connectivity index (χ1) is 12.8. The number of H-pyrrole nitrogens is 1. The van der Waals surface area contributed by atoms with E-state index >= 15 is 0 Å². The number of hydrogen-bond acceptors (Lipinski definition) is 6. The van der Waals surface area contributed by atoms with Crippen LogP contribution in [0.2, 0.25) is 0 Å². The molecule has 2 heterocycles. The van der Waals surface area contributed by atoms with Gasteiger partial charge in [0.05, 0.1) is 0 Å². The highest BCUT2D eigenvalue weighted by molar-refractivity contribution is 7.73. The molecule has 6 nitrogen and oxygen atoms in total. The lowest BCUT2D eigenvalue weighted by Gasteiger charge is -2.07. The Bertz CT molecular complexity index is 1040. The zero-order valence-electron chi connectivity index (χ0n) is 13.7. The maximum absolute atomic E-state index is 5.60. The Morgan fingerprint density at radius 1 is 1.04 bits per heavy atom. The van der Waals surface area contributed by atoms with Crippen LogP contribution in [0.5, 0.6) is 0 Å². The predicted octanol–water partition coefficient (Wildman–Crippen LogP) is 3.86. The second-order valence-electron chi connectivity index (χ2n) is 5.49. The van der Waals surface area contributed by atoms with Crippen molar-refractivity contribution in [3.05, 3.63) is 81.6 Å². The lowest BCUT2D eigenvalue weighted by molar-refractivity contribution is 0.146. The van der Waals surface area contributed by atoms with Gasteiger partial charge in [-0.25, -0.2) is 4.52 Å². The largest absolute Gasteiger partial charge is 0.395 e. The molecule has 130 valence electrons. The molecule has 0 aliphatic rings. The summed E-state index contributed by atoms with van der Waals surface area (Å²) in [5.74, 6) is 0.767. The zero-order valence-corrected chi connectivity index (χ0v) is 15.3. The van der Waals surface area contributed by atoms with Gasteiger partial charge in [-0.2, -0.15) is 0 Å². The van der Waals surface area contributed by atoms with Crippen LogP contribution in [0.4, 0.5) is 0 Å². The fourth-order valence-electron chi connectivity index (χ4n) is 2.55. The van der Waals surface area contributed by atoms with Gasteiger partial charge in [-0.3, -0.25) is 5.10 Å². The first-order valence-electron chi connectivity index (χ1n) is 8.05. The van der Waals surface area contributed by atoms with Crippen LogP contribution in [0.1, 0.15) is 17.0 Å². The van der Waals surface area contributed by atoms with Crippen molar-refractivity contribution in [2.75, 3.05) is 6.61 Å². The fraction of sp³-hybridized carbons (Fsp3) is 0.111. The van der Waals surface area contributed by atoms with Gasteiger partial charge in [0.25, 0.3) is 0 Å². The minimum Gasteiger partial charge on any atom is -0.395 e. The number of nitrogens with one attached hydrogen (secondary N) is 1. The molecule has 0 saturated heterocycles. The average molecular weight is 381 g/mol. The number of nitrogens with zero attached hydrogens (tertiary/aromatic N) is 4. The number of aromatic amines is 1. The van der Waals surface area contributed by atoms with Gasteiger partial charge in [-0.1, -0.05) is 77.2 Å². The Hall–Kier alpha value is -2.84. The summed E-state index contributed by atoms with van der Waals surface area (Å²) < 4.78 is 2.46. The van der Waals surface area contributed by atoms with Gasteiger partial charge in [0, 0.05) is 17.5 Å². The average Bonchev–Trinajstić information content (AvgIpc) is 3.23. The molecule has 0 aliphatic heterocycles. The molecule has 0 saturated carbocycles. The fourth-order valence-corrected chi connectivity index (χ4v) is 3.49. The van der Waals surface area contributed by atoms with Crippen molar-refractivity contribution < 1.29 is 4.84 Å². The third-order valence-corrected chi connectivity index (χ3v) is 4.82. The first kappa shape index (κ1) is 16.6. The van der Waals surface area contributed by atoms with Crippen LogP contribution < -0.4 is 0 Å². The van der Waals surface area contributed by atoms with Crippen molar-refractivity contribution in [2.24, 2.45) is 5.16 Å². The molecule has 0 fully saturated rings. The van der Waals surface area contributed by atoms with Crippen LogP contribution in [0.25, 0.3) is 4.96 Å². The SMILES string of the molecule is S=c1[nH]n2c(CCON=C(c3ccccc3)c3ccccc3)nnc2s1.